The number of hydrogen-bond acceptors (Lipinski definition) is 3. The lowest BCUT2D eigenvalue weighted by atomic mass is 9.74. The highest BCUT2D eigenvalue weighted by Gasteiger charge is 2.48. The van der Waals surface area contributed by atoms with Gasteiger partial charge in [-0.2, -0.15) is 26.3 Å². The van der Waals surface area contributed by atoms with Gasteiger partial charge in [-0.05, 0) is 69.1 Å². The monoisotopic (exact) mass is 668 g/mol. The van der Waals surface area contributed by atoms with Gasteiger partial charge in [-0.15, -0.1) is 0 Å². The molecule has 1 aromatic carbocycles. The fraction of sp³-hybridized carbons (Fsp3) is 0.771. The molecular formula is C35H48F8O3. The lowest BCUT2D eigenvalue weighted by Gasteiger charge is -2.38. The molecule has 3 nitrogen and oxygen atoms in total. The third-order valence-corrected chi connectivity index (χ3v) is 10.5. The summed E-state index contributed by atoms with van der Waals surface area (Å²) in [6.07, 6.45) is 4.02. The summed E-state index contributed by atoms with van der Waals surface area (Å²) in [5.74, 6) is -5.24. The molecule has 0 spiro atoms. The van der Waals surface area contributed by atoms with E-state index in [0.717, 1.165) is 31.1 Å². The average Bonchev–Trinajstić information content (AvgIpc) is 3.00. The summed E-state index contributed by atoms with van der Waals surface area (Å²) in [5, 5.41) is 0. The Bertz CT molecular complexity index is 1080. The molecule has 11 heteroatoms. The Balaban J connectivity index is 1.16. The Kier molecular flexibility index (Phi) is 13.5. The van der Waals surface area contributed by atoms with Crippen molar-refractivity contribution in [3.8, 4) is 11.5 Å². The van der Waals surface area contributed by atoms with Gasteiger partial charge in [0.15, 0.2) is 23.6 Å². The largest absolute Gasteiger partial charge is 0.453 e. The standard InChI is InChI=1S/C35H48F8O3/c1-2-3-4-5-23-6-8-24(9-7-23)10-11-25-12-14-26(15-13-25)34(40,41)45-28-18-16-27(17-19-28)35(42,43)46-29-20-30(36)33(31(37)21-29)44-22-32(38)39/h20-28H,2-19H2,1H3. The molecule has 0 aliphatic heterocycles. The first kappa shape index (κ1) is 36.8. The van der Waals surface area contributed by atoms with Crippen LogP contribution in [0.1, 0.15) is 122 Å². The van der Waals surface area contributed by atoms with Gasteiger partial charge in [0.2, 0.25) is 0 Å². The van der Waals surface area contributed by atoms with E-state index in [4.69, 9.17) is 4.74 Å². The third-order valence-electron chi connectivity index (χ3n) is 10.5. The van der Waals surface area contributed by atoms with Crippen LogP contribution in [0.15, 0.2) is 24.5 Å². The van der Waals surface area contributed by atoms with Crippen LogP contribution in [0, 0.1) is 41.2 Å². The molecule has 262 valence electrons. The number of halogens is 8. The maximum Gasteiger partial charge on any atom is 0.400 e. The summed E-state index contributed by atoms with van der Waals surface area (Å²) in [5.41, 5.74) is 0. The van der Waals surface area contributed by atoms with Crippen molar-refractivity contribution >= 4 is 0 Å². The van der Waals surface area contributed by atoms with E-state index in [9.17, 15) is 26.3 Å². The molecule has 0 amide bonds. The first-order valence-electron chi connectivity index (χ1n) is 17.2. The Hall–Kier alpha value is -2.04. The predicted molar refractivity (Wildman–Crippen MR) is 159 cm³/mol. The summed E-state index contributed by atoms with van der Waals surface area (Å²) < 4.78 is 127. The van der Waals surface area contributed by atoms with Gasteiger partial charge in [0.05, 0.1) is 17.9 Å². The molecular weight excluding hydrogens is 620 g/mol. The van der Waals surface area contributed by atoms with Crippen molar-refractivity contribution in [1.82, 2.24) is 0 Å². The van der Waals surface area contributed by atoms with Crippen molar-refractivity contribution in [1.29, 1.82) is 0 Å². The zero-order valence-electron chi connectivity index (χ0n) is 26.7. The van der Waals surface area contributed by atoms with Crippen molar-refractivity contribution in [2.75, 3.05) is 0 Å². The fourth-order valence-corrected chi connectivity index (χ4v) is 7.64. The molecule has 46 heavy (non-hydrogen) atoms. The molecule has 0 saturated heterocycles. The summed E-state index contributed by atoms with van der Waals surface area (Å²) >= 11 is 0. The molecule has 0 atom stereocenters. The number of ether oxygens (including phenoxy) is 3. The lowest BCUT2D eigenvalue weighted by molar-refractivity contribution is -0.306. The minimum absolute atomic E-state index is 0.0357. The smallest absolute Gasteiger partial charge is 0.400 e. The summed E-state index contributed by atoms with van der Waals surface area (Å²) in [6, 6.07) is 0.807. The number of rotatable bonds is 15. The van der Waals surface area contributed by atoms with Crippen molar-refractivity contribution < 1.29 is 49.3 Å². The highest BCUT2D eigenvalue weighted by molar-refractivity contribution is 5.35. The van der Waals surface area contributed by atoms with Gasteiger partial charge < -0.3 is 14.2 Å². The Morgan fingerprint density at radius 1 is 0.696 bits per heavy atom. The van der Waals surface area contributed by atoms with E-state index in [0.29, 0.717) is 30.9 Å². The summed E-state index contributed by atoms with van der Waals surface area (Å²) in [6.45, 7) is 2.23. The summed E-state index contributed by atoms with van der Waals surface area (Å²) in [4.78, 5) is 0. The van der Waals surface area contributed by atoms with Crippen LogP contribution in [0.25, 0.3) is 0 Å². The molecule has 1 aromatic rings. The Morgan fingerprint density at radius 2 is 1.17 bits per heavy atom. The molecule has 0 N–H and O–H groups in total. The quantitative estimate of drug-likeness (QED) is 0.106. The number of alkyl halides is 4. The van der Waals surface area contributed by atoms with E-state index < -0.39 is 59.4 Å². The second kappa shape index (κ2) is 16.9. The van der Waals surface area contributed by atoms with Crippen molar-refractivity contribution in [3.05, 3.63) is 36.1 Å². The molecule has 3 saturated carbocycles. The minimum Gasteiger partial charge on any atom is -0.453 e. The van der Waals surface area contributed by atoms with Crippen LogP contribution in [0.3, 0.4) is 0 Å². The molecule has 0 bridgehead atoms. The van der Waals surface area contributed by atoms with Crippen LogP contribution in [-0.4, -0.2) is 18.3 Å². The maximum atomic E-state index is 15.2. The molecule has 3 aliphatic rings. The molecule has 4 rings (SSSR count). The molecule has 3 fully saturated rings. The van der Waals surface area contributed by atoms with Gasteiger partial charge in [-0.25, -0.2) is 8.78 Å². The molecule has 0 aromatic heterocycles. The highest BCUT2D eigenvalue weighted by Crippen LogP contribution is 2.45. The summed E-state index contributed by atoms with van der Waals surface area (Å²) in [7, 11) is 0. The van der Waals surface area contributed by atoms with Crippen molar-refractivity contribution in [2.45, 2.75) is 141 Å². The lowest BCUT2D eigenvalue weighted by Crippen LogP contribution is -2.42. The maximum absolute atomic E-state index is 15.2. The van der Waals surface area contributed by atoms with Gasteiger partial charge in [0.1, 0.15) is 5.75 Å². The molecule has 0 heterocycles. The first-order chi connectivity index (χ1) is 21.9. The highest BCUT2D eigenvalue weighted by atomic mass is 19.3. The first-order valence-corrected chi connectivity index (χ1v) is 17.2. The number of hydrogen-bond donors (Lipinski definition) is 0. The third kappa shape index (κ3) is 10.7. The van der Waals surface area contributed by atoms with Crippen LogP contribution in [0.4, 0.5) is 35.1 Å². The fourth-order valence-electron chi connectivity index (χ4n) is 7.64. The predicted octanol–water partition coefficient (Wildman–Crippen LogP) is 12.2. The molecule has 0 unspecified atom stereocenters. The zero-order valence-corrected chi connectivity index (χ0v) is 26.7. The Labute approximate surface area is 267 Å². The van der Waals surface area contributed by atoms with Crippen LogP contribution in [0.5, 0.6) is 11.5 Å². The topological polar surface area (TPSA) is 27.7 Å². The van der Waals surface area contributed by atoms with Gasteiger partial charge in [-0.3, -0.25) is 0 Å². The second-order valence-electron chi connectivity index (χ2n) is 13.7. The van der Waals surface area contributed by atoms with Gasteiger partial charge in [-0.1, -0.05) is 71.1 Å². The SMILES string of the molecule is CCCCCC1CCC(CCC2CCC(C(F)(F)OC3CCC(C(F)(F)Oc4cc(F)c(OC=C(F)F)c(F)c4)CC3)CC2)CC1. The van der Waals surface area contributed by atoms with E-state index in [1.165, 1.54) is 57.8 Å². The average molecular weight is 669 g/mol. The zero-order chi connectivity index (χ0) is 33.3. The van der Waals surface area contributed by atoms with Crippen LogP contribution >= 0.6 is 0 Å². The van der Waals surface area contributed by atoms with E-state index in [1.807, 2.05) is 0 Å². The van der Waals surface area contributed by atoms with E-state index in [-0.39, 0.29) is 31.9 Å². The van der Waals surface area contributed by atoms with E-state index in [1.54, 1.807) is 0 Å². The number of unbranched alkanes of at least 4 members (excludes halogenated alkanes) is 2. The van der Waals surface area contributed by atoms with E-state index >= 15 is 8.78 Å². The van der Waals surface area contributed by atoms with Crippen LogP contribution < -0.4 is 9.47 Å². The normalized spacial score (nSPS) is 27.7. The van der Waals surface area contributed by atoms with Crippen LogP contribution in [-0.2, 0) is 4.74 Å². The van der Waals surface area contributed by atoms with Gasteiger partial charge in [0, 0.05) is 12.1 Å². The molecule has 0 radical (unpaired) electrons. The van der Waals surface area contributed by atoms with Crippen molar-refractivity contribution in [2.24, 2.45) is 29.6 Å². The minimum atomic E-state index is -3.86. The van der Waals surface area contributed by atoms with E-state index in [2.05, 4.69) is 16.4 Å². The van der Waals surface area contributed by atoms with Gasteiger partial charge in [0.25, 0.3) is 0 Å². The van der Waals surface area contributed by atoms with Crippen LogP contribution in [0.2, 0.25) is 0 Å². The number of benzene rings is 1. The Morgan fingerprint density at radius 3 is 1.70 bits per heavy atom. The second-order valence-corrected chi connectivity index (χ2v) is 13.7. The van der Waals surface area contributed by atoms with Gasteiger partial charge >= 0.3 is 18.3 Å². The van der Waals surface area contributed by atoms with Crippen molar-refractivity contribution in [3.63, 3.8) is 0 Å². The molecule has 3 aliphatic carbocycles.